The summed E-state index contributed by atoms with van der Waals surface area (Å²) in [6.45, 7) is 0. The lowest BCUT2D eigenvalue weighted by molar-refractivity contribution is -0.120. The lowest BCUT2D eigenvalue weighted by atomic mass is 9.88. The van der Waals surface area contributed by atoms with Gasteiger partial charge in [-0.1, -0.05) is 65.5 Å². The van der Waals surface area contributed by atoms with E-state index in [-0.39, 0.29) is 17.7 Å². The Morgan fingerprint density at radius 3 is 2.06 bits per heavy atom. The maximum absolute atomic E-state index is 13.2. The van der Waals surface area contributed by atoms with Crippen LogP contribution in [0, 0.1) is 5.92 Å². The quantitative estimate of drug-likeness (QED) is 0.317. The number of rotatable bonds is 7. The highest BCUT2D eigenvalue weighted by Crippen LogP contribution is 2.37. The van der Waals surface area contributed by atoms with Gasteiger partial charge in [0.15, 0.2) is 0 Å². The Hall–Kier alpha value is -2.57. The first kappa shape index (κ1) is 23.6. The second-order valence-electron chi connectivity index (χ2n) is 8.25. The first-order valence-electron chi connectivity index (χ1n) is 11.3. The van der Waals surface area contributed by atoms with Crippen molar-refractivity contribution >= 4 is 50.9 Å². The molecule has 0 heterocycles. The van der Waals surface area contributed by atoms with Crippen LogP contribution in [0.3, 0.4) is 0 Å². The Morgan fingerprint density at radius 1 is 0.788 bits per heavy atom. The van der Waals surface area contributed by atoms with Crippen LogP contribution in [0.5, 0.6) is 0 Å². The van der Waals surface area contributed by atoms with E-state index in [0.29, 0.717) is 0 Å². The molecule has 0 radical (unpaired) electrons. The molecule has 0 saturated heterocycles. The van der Waals surface area contributed by atoms with E-state index in [2.05, 4.69) is 26.6 Å². The Bertz CT molecular complexity index is 1070. The third-order valence-corrected chi connectivity index (χ3v) is 7.60. The van der Waals surface area contributed by atoms with Crippen LogP contribution in [-0.2, 0) is 9.59 Å². The van der Waals surface area contributed by atoms with Gasteiger partial charge in [-0.3, -0.25) is 9.59 Å². The number of carbonyl (C=O) groups excluding carboxylic acids is 2. The van der Waals surface area contributed by atoms with E-state index in [1.807, 2.05) is 78.9 Å². The summed E-state index contributed by atoms with van der Waals surface area (Å²) in [6, 6.07) is 25.1. The van der Waals surface area contributed by atoms with Crippen molar-refractivity contribution in [3.05, 3.63) is 88.9 Å². The molecular weight excluding hydrogens is 496 g/mol. The monoisotopic (exact) mass is 522 g/mol. The van der Waals surface area contributed by atoms with Crippen molar-refractivity contribution in [1.82, 2.24) is 0 Å². The molecule has 1 saturated carbocycles. The first-order chi connectivity index (χ1) is 16.1. The third-order valence-electron chi connectivity index (χ3n) is 5.80. The SMILES string of the molecule is O=C(Nc1ccc(SC(C(=O)Nc2ccc(Br)cc2)c2ccccc2)cc1)C1CCCCC1. The molecule has 0 aromatic heterocycles. The molecule has 33 heavy (non-hydrogen) atoms. The molecule has 6 heteroatoms. The number of halogens is 1. The zero-order valence-electron chi connectivity index (χ0n) is 18.3. The minimum atomic E-state index is -0.405. The summed E-state index contributed by atoms with van der Waals surface area (Å²) in [4.78, 5) is 26.7. The molecule has 1 unspecified atom stereocenters. The van der Waals surface area contributed by atoms with Gasteiger partial charge in [0.05, 0.1) is 0 Å². The van der Waals surface area contributed by atoms with Crippen LogP contribution in [0.1, 0.15) is 42.9 Å². The van der Waals surface area contributed by atoms with E-state index in [1.165, 1.54) is 18.2 Å². The zero-order chi connectivity index (χ0) is 23.0. The summed E-state index contributed by atoms with van der Waals surface area (Å²) in [5.74, 6) is 0.159. The van der Waals surface area contributed by atoms with Gasteiger partial charge in [-0.05, 0) is 66.9 Å². The molecule has 2 amide bonds. The molecule has 1 aliphatic rings. The molecule has 3 aromatic rings. The number of carbonyl (C=O) groups is 2. The maximum Gasteiger partial charge on any atom is 0.242 e. The molecule has 4 rings (SSSR count). The largest absolute Gasteiger partial charge is 0.326 e. The zero-order valence-corrected chi connectivity index (χ0v) is 20.7. The standard InChI is InChI=1S/C27H27BrN2O2S/c28-21-11-13-22(14-12-21)30-27(32)25(19-7-3-1-4-8-19)33-24-17-15-23(16-18-24)29-26(31)20-9-5-2-6-10-20/h1,3-4,7-8,11-18,20,25H,2,5-6,9-10H2,(H,29,31)(H,30,32). The molecule has 170 valence electrons. The predicted molar refractivity (Wildman–Crippen MR) is 139 cm³/mol. The van der Waals surface area contributed by atoms with E-state index in [9.17, 15) is 9.59 Å². The molecule has 3 aromatic carbocycles. The lowest BCUT2D eigenvalue weighted by Gasteiger charge is -2.21. The minimum absolute atomic E-state index is 0.0804. The Kier molecular flexibility index (Phi) is 8.24. The maximum atomic E-state index is 13.2. The topological polar surface area (TPSA) is 58.2 Å². The fraction of sp³-hybridized carbons (Fsp3) is 0.259. The lowest BCUT2D eigenvalue weighted by Crippen LogP contribution is -2.24. The summed E-state index contributed by atoms with van der Waals surface area (Å²) in [6.07, 6.45) is 5.46. The Labute approximate surface area is 207 Å². The number of amides is 2. The molecule has 2 N–H and O–H groups in total. The summed E-state index contributed by atoms with van der Waals surface area (Å²) < 4.78 is 0.963. The molecule has 1 atom stereocenters. The Balaban J connectivity index is 1.45. The van der Waals surface area contributed by atoms with E-state index in [4.69, 9.17) is 0 Å². The number of hydrogen-bond donors (Lipinski definition) is 2. The number of nitrogens with one attached hydrogen (secondary N) is 2. The van der Waals surface area contributed by atoms with Crippen LogP contribution in [-0.4, -0.2) is 11.8 Å². The van der Waals surface area contributed by atoms with Crippen molar-refractivity contribution in [2.45, 2.75) is 42.2 Å². The van der Waals surface area contributed by atoms with E-state index < -0.39 is 5.25 Å². The number of benzene rings is 3. The van der Waals surface area contributed by atoms with E-state index in [1.54, 1.807) is 0 Å². The van der Waals surface area contributed by atoms with Gasteiger partial charge in [-0.15, -0.1) is 11.8 Å². The molecule has 0 bridgehead atoms. The van der Waals surface area contributed by atoms with Crippen LogP contribution >= 0.6 is 27.7 Å². The Morgan fingerprint density at radius 2 is 1.39 bits per heavy atom. The molecule has 0 aliphatic heterocycles. The fourth-order valence-electron chi connectivity index (χ4n) is 4.00. The van der Waals surface area contributed by atoms with Crippen LogP contribution in [0.15, 0.2) is 88.2 Å². The van der Waals surface area contributed by atoms with Crippen LogP contribution in [0.2, 0.25) is 0 Å². The van der Waals surface area contributed by atoms with Crippen molar-refractivity contribution in [2.75, 3.05) is 10.6 Å². The van der Waals surface area contributed by atoms with Crippen molar-refractivity contribution in [3.8, 4) is 0 Å². The first-order valence-corrected chi connectivity index (χ1v) is 12.9. The van der Waals surface area contributed by atoms with Crippen molar-refractivity contribution in [1.29, 1.82) is 0 Å². The average molecular weight is 523 g/mol. The molecule has 1 aliphatic carbocycles. The van der Waals surface area contributed by atoms with Crippen molar-refractivity contribution < 1.29 is 9.59 Å². The number of anilines is 2. The van der Waals surface area contributed by atoms with Gasteiger partial charge in [-0.2, -0.15) is 0 Å². The van der Waals surface area contributed by atoms with Crippen LogP contribution < -0.4 is 10.6 Å². The van der Waals surface area contributed by atoms with Crippen molar-refractivity contribution in [2.24, 2.45) is 5.92 Å². The summed E-state index contributed by atoms with van der Waals surface area (Å²) in [7, 11) is 0. The number of thioether (sulfide) groups is 1. The van der Waals surface area contributed by atoms with Crippen LogP contribution in [0.4, 0.5) is 11.4 Å². The summed E-state index contributed by atoms with van der Waals surface area (Å²) in [5.41, 5.74) is 2.49. The predicted octanol–water partition coefficient (Wildman–Crippen LogP) is 7.44. The second kappa shape index (κ2) is 11.5. The van der Waals surface area contributed by atoms with Gasteiger partial charge < -0.3 is 10.6 Å². The number of hydrogen-bond acceptors (Lipinski definition) is 3. The van der Waals surface area contributed by atoms with Gasteiger partial charge >= 0.3 is 0 Å². The second-order valence-corrected chi connectivity index (χ2v) is 10.3. The highest BCUT2D eigenvalue weighted by Gasteiger charge is 2.23. The van der Waals surface area contributed by atoms with Gasteiger partial charge in [-0.25, -0.2) is 0 Å². The highest BCUT2D eigenvalue weighted by atomic mass is 79.9. The van der Waals surface area contributed by atoms with Crippen LogP contribution in [0.25, 0.3) is 0 Å². The highest BCUT2D eigenvalue weighted by molar-refractivity contribution is 9.10. The van der Waals surface area contributed by atoms with Gasteiger partial charge in [0, 0.05) is 26.7 Å². The van der Waals surface area contributed by atoms with E-state index in [0.717, 1.165) is 52.0 Å². The molecule has 4 nitrogen and oxygen atoms in total. The fourth-order valence-corrected chi connectivity index (χ4v) is 5.29. The normalized spacial score (nSPS) is 14.9. The van der Waals surface area contributed by atoms with Gasteiger partial charge in [0.25, 0.3) is 0 Å². The molecule has 1 fully saturated rings. The molecule has 0 spiro atoms. The van der Waals surface area contributed by atoms with Crippen molar-refractivity contribution in [3.63, 3.8) is 0 Å². The average Bonchev–Trinajstić information content (AvgIpc) is 2.86. The third kappa shape index (κ3) is 6.71. The molecular formula is C27H27BrN2O2S. The minimum Gasteiger partial charge on any atom is -0.326 e. The van der Waals surface area contributed by atoms with E-state index >= 15 is 0 Å². The smallest absolute Gasteiger partial charge is 0.242 e. The summed E-state index contributed by atoms with van der Waals surface area (Å²) >= 11 is 4.92. The van der Waals surface area contributed by atoms with Gasteiger partial charge in [0.2, 0.25) is 11.8 Å². The van der Waals surface area contributed by atoms with Gasteiger partial charge in [0.1, 0.15) is 5.25 Å². The summed E-state index contributed by atoms with van der Waals surface area (Å²) in [5, 5.41) is 5.67.